The van der Waals surface area contributed by atoms with Gasteiger partial charge in [0.25, 0.3) is 0 Å². The van der Waals surface area contributed by atoms with Crippen LogP contribution in [0.4, 0.5) is 0 Å². The Bertz CT molecular complexity index is 183. The van der Waals surface area contributed by atoms with Crippen molar-refractivity contribution in [3.63, 3.8) is 0 Å². The molecule has 96 valence electrons. The number of likely N-dealkylation sites (tertiary alicyclic amines) is 1. The van der Waals surface area contributed by atoms with E-state index in [-0.39, 0.29) is 0 Å². The Morgan fingerprint density at radius 2 is 1.81 bits per heavy atom. The van der Waals surface area contributed by atoms with E-state index in [1.54, 1.807) is 0 Å². The van der Waals surface area contributed by atoms with Gasteiger partial charge in [0.1, 0.15) is 0 Å². The molecular weight excluding hydrogens is 222 g/mol. The van der Waals surface area contributed by atoms with Crippen molar-refractivity contribution in [3.8, 4) is 0 Å². The lowest BCUT2D eigenvalue weighted by Gasteiger charge is -2.38. The van der Waals surface area contributed by atoms with Crippen LogP contribution in [0.15, 0.2) is 0 Å². The van der Waals surface area contributed by atoms with E-state index in [9.17, 15) is 0 Å². The minimum Gasteiger partial charge on any atom is -0.379 e. The molecule has 1 fully saturated rings. The highest BCUT2D eigenvalue weighted by Crippen LogP contribution is 2.33. The van der Waals surface area contributed by atoms with E-state index in [4.69, 9.17) is 16.3 Å². The molecule has 0 amide bonds. The summed E-state index contributed by atoms with van der Waals surface area (Å²) in [4.78, 5) is 2.51. The summed E-state index contributed by atoms with van der Waals surface area (Å²) in [7, 11) is 0. The number of rotatable bonds is 5. The van der Waals surface area contributed by atoms with Crippen LogP contribution in [0.3, 0.4) is 0 Å². The number of hydrogen-bond acceptors (Lipinski definition) is 2. The van der Waals surface area contributed by atoms with Crippen molar-refractivity contribution in [3.05, 3.63) is 0 Å². The molecule has 0 saturated carbocycles. The van der Waals surface area contributed by atoms with E-state index >= 15 is 0 Å². The average molecular weight is 248 g/mol. The van der Waals surface area contributed by atoms with Crippen LogP contribution in [0.1, 0.15) is 33.6 Å². The highest BCUT2D eigenvalue weighted by Gasteiger charge is 2.28. The fourth-order valence-electron chi connectivity index (χ4n) is 2.37. The van der Waals surface area contributed by atoms with Crippen LogP contribution in [0, 0.1) is 11.3 Å². The van der Waals surface area contributed by atoms with E-state index < -0.39 is 0 Å². The van der Waals surface area contributed by atoms with Crippen LogP contribution in [0.2, 0.25) is 0 Å². The van der Waals surface area contributed by atoms with Gasteiger partial charge in [0.2, 0.25) is 0 Å². The summed E-state index contributed by atoms with van der Waals surface area (Å²) in [6, 6.07) is 0. The third-order valence-electron chi connectivity index (χ3n) is 3.59. The number of hydrogen-bond donors (Lipinski definition) is 0. The lowest BCUT2D eigenvalue weighted by Crippen LogP contribution is -2.39. The van der Waals surface area contributed by atoms with Gasteiger partial charge in [0.05, 0.1) is 13.2 Å². The molecule has 1 saturated heterocycles. The highest BCUT2D eigenvalue weighted by molar-refractivity contribution is 6.17. The van der Waals surface area contributed by atoms with Crippen LogP contribution in [-0.2, 0) is 4.74 Å². The van der Waals surface area contributed by atoms with Crippen LogP contribution in [0.5, 0.6) is 0 Å². The molecule has 0 aromatic carbocycles. The minimum atomic E-state index is 0.473. The molecule has 0 N–H and O–H groups in total. The summed E-state index contributed by atoms with van der Waals surface area (Å²) < 4.78 is 5.41. The number of alkyl halides is 1. The Morgan fingerprint density at radius 1 is 1.19 bits per heavy atom. The predicted molar refractivity (Wildman–Crippen MR) is 70.2 cm³/mol. The van der Waals surface area contributed by atoms with Crippen molar-refractivity contribution >= 4 is 11.6 Å². The molecule has 0 aromatic rings. The zero-order valence-corrected chi connectivity index (χ0v) is 11.7. The van der Waals surface area contributed by atoms with Crippen LogP contribution in [-0.4, -0.2) is 43.6 Å². The first kappa shape index (κ1) is 14.3. The third-order valence-corrected chi connectivity index (χ3v) is 3.74. The van der Waals surface area contributed by atoms with Crippen molar-refractivity contribution in [2.24, 2.45) is 11.3 Å². The molecule has 0 bridgehead atoms. The van der Waals surface area contributed by atoms with E-state index in [1.165, 1.54) is 25.9 Å². The quantitative estimate of drug-likeness (QED) is 0.547. The van der Waals surface area contributed by atoms with Crippen molar-refractivity contribution in [1.82, 2.24) is 4.90 Å². The number of piperidine rings is 1. The molecular formula is C13H26ClNO. The minimum absolute atomic E-state index is 0.473. The van der Waals surface area contributed by atoms with Crippen molar-refractivity contribution in [1.29, 1.82) is 0 Å². The molecule has 0 atom stereocenters. The van der Waals surface area contributed by atoms with Gasteiger partial charge in [-0.25, -0.2) is 0 Å². The number of halogens is 1. The molecule has 0 aromatic heterocycles. The van der Waals surface area contributed by atoms with Crippen molar-refractivity contribution < 1.29 is 4.74 Å². The summed E-state index contributed by atoms with van der Waals surface area (Å²) >= 11 is 5.55. The van der Waals surface area contributed by atoms with Gasteiger partial charge in [0, 0.05) is 12.4 Å². The first-order valence-electron chi connectivity index (χ1n) is 6.40. The SMILES string of the molecule is CC(C)(C)C1CCN(CCOCCCl)CC1. The molecule has 1 rings (SSSR count). The van der Waals surface area contributed by atoms with Gasteiger partial charge in [0.15, 0.2) is 0 Å². The van der Waals surface area contributed by atoms with Gasteiger partial charge in [-0.05, 0) is 37.3 Å². The normalized spacial score (nSPS) is 20.2. The van der Waals surface area contributed by atoms with Crippen LogP contribution >= 0.6 is 11.6 Å². The largest absolute Gasteiger partial charge is 0.379 e. The summed E-state index contributed by atoms with van der Waals surface area (Å²) in [6.07, 6.45) is 2.66. The highest BCUT2D eigenvalue weighted by atomic mass is 35.5. The second-order valence-electron chi connectivity index (χ2n) is 5.78. The van der Waals surface area contributed by atoms with Crippen LogP contribution < -0.4 is 0 Å². The van der Waals surface area contributed by atoms with Gasteiger partial charge in [-0.1, -0.05) is 20.8 Å². The molecule has 16 heavy (non-hydrogen) atoms. The van der Waals surface area contributed by atoms with Crippen molar-refractivity contribution in [2.45, 2.75) is 33.6 Å². The maximum Gasteiger partial charge on any atom is 0.0602 e. The average Bonchev–Trinajstić information content (AvgIpc) is 2.24. The van der Waals surface area contributed by atoms with Crippen LogP contribution in [0.25, 0.3) is 0 Å². The molecule has 2 nitrogen and oxygen atoms in total. The van der Waals surface area contributed by atoms with Gasteiger partial charge >= 0.3 is 0 Å². The topological polar surface area (TPSA) is 12.5 Å². The Labute approximate surface area is 105 Å². The molecule has 0 unspecified atom stereocenters. The maximum atomic E-state index is 5.55. The molecule has 3 heteroatoms. The monoisotopic (exact) mass is 247 g/mol. The Balaban J connectivity index is 2.12. The summed E-state index contributed by atoms with van der Waals surface area (Å²) in [5, 5.41) is 0. The smallest absolute Gasteiger partial charge is 0.0602 e. The Hall–Kier alpha value is 0.210. The van der Waals surface area contributed by atoms with E-state index in [1.807, 2.05) is 0 Å². The fraction of sp³-hybridized carbons (Fsp3) is 1.00. The lowest BCUT2D eigenvalue weighted by atomic mass is 9.75. The van der Waals surface area contributed by atoms with Gasteiger partial charge in [-0.15, -0.1) is 11.6 Å². The van der Waals surface area contributed by atoms with E-state index in [0.717, 1.165) is 19.1 Å². The maximum absolute atomic E-state index is 5.55. The summed E-state index contributed by atoms with van der Waals surface area (Å²) in [5.74, 6) is 1.49. The summed E-state index contributed by atoms with van der Waals surface area (Å²) in [6.45, 7) is 12.1. The fourth-order valence-corrected chi connectivity index (χ4v) is 2.48. The Kier molecular flexibility index (Phi) is 6.09. The molecule has 1 aliphatic heterocycles. The molecule has 1 heterocycles. The lowest BCUT2D eigenvalue weighted by molar-refractivity contribution is 0.0742. The molecule has 0 spiro atoms. The molecule has 0 aliphatic carbocycles. The first-order chi connectivity index (χ1) is 7.54. The Morgan fingerprint density at radius 3 is 2.31 bits per heavy atom. The second kappa shape index (κ2) is 6.83. The zero-order valence-electron chi connectivity index (χ0n) is 11.0. The van der Waals surface area contributed by atoms with Gasteiger partial charge < -0.3 is 9.64 Å². The molecule has 0 radical (unpaired) electrons. The van der Waals surface area contributed by atoms with E-state index in [2.05, 4.69) is 25.7 Å². The van der Waals surface area contributed by atoms with Crippen molar-refractivity contribution in [2.75, 3.05) is 38.7 Å². The standard InChI is InChI=1S/C13H26ClNO/c1-13(2,3)12-4-7-15(8-5-12)9-11-16-10-6-14/h12H,4-11H2,1-3H3. The second-order valence-corrected chi connectivity index (χ2v) is 6.16. The summed E-state index contributed by atoms with van der Waals surface area (Å²) in [5.41, 5.74) is 0.473. The number of nitrogens with zero attached hydrogens (tertiary/aromatic N) is 1. The third kappa shape index (κ3) is 5.03. The van der Waals surface area contributed by atoms with E-state index in [0.29, 0.717) is 17.9 Å². The van der Waals surface area contributed by atoms with Gasteiger partial charge in [-0.3, -0.25) is 0 Å². The number of ether oxygens (including phenoxy) is 1. The predicted octanol–water partition coefficient (Wildman–Crippen LogP) is 3.00. The first-order valence-corrected chi connectivity index (χ1v) is 6.93. The zero-order chi connectivity index (χ0) is 12.0. The molecule has 1 aliphatic rings. The van der Waals surface area contributed by atoms with Gasteiger partial charge in [-0.2, -0.15) is 0 Å².